The fraction of sp³-hybridized carbons (Fsp3) is 0.345. The maximum atomic E-state index is 12.9. The number of amides is 1. The fourth-order valence-corrected chi connectivity index (χ4v) is 4.27. The summed E-state index contributed by atoms with van der Waals surface area (Å²) in [5.41, 5.74) is 4.27. The minimum absolute atomic E-state index is 0. The van der Waals surface area contributed by atoms with Crippen LogP contribution in [0, 0.1) is 19.7 Å². The summed E-state index contributed by atoms with van der Waals surface area (Å²) < 4.78 is 7.64. The summed E-state index contributed by atoms with van der Waals surface area (Å²) in [4.78, 5) is 32.1. The Morgan fingerprint density at radius 2 is 1.97 bits per heavy atom. The van der Waals surface area contributed by atoms with Gasteiger partial charge in [-0.1, -0.05) is 12.1 Å². The molecule has 194 valence electrons. The smallest absolute Gasteiger partial charge is 0.560 e. The van der Waals surface area contributed by atoms with E-state index in [9.17, 15) is 9.59 Å². The first-order valence-electron chi connectivity index (χ1n) is 12.5. The number of aryl methyl sites for hydroxylation is 1. The standard InChI is InChI=1S/C29H34N5O3.K/c1-20-16-23(8-9-27(20)29(36)37-26-10-14-33(3)15-11-26)28(35)32-24-7-5-6-22(17-24)21(2)30-12-13-31-25-18-34(4)19-25;/h5-9,13,16-19,21,26,30H,10-11,14-15H2,1-4H3,(H,32,35);/q-1;+1. The molecular weight excluding hydrogens is 505 g/mol. The molecule has 1 unspecified atom stereocenters. The van der Waals surface area contributed by atoms with Crippen LogP contribution in [0.3, 0.4) is 0 Å². The molecule has 0 bridgehead atoms. The molecule has 1 amide bonds. The molecular formula is C29H34KN5O3. The molecule has 0 spiro atoms. The van der Waals surface area contributed by atoms with E-state index < -0.39 is 0 Å². The van der Waals surface area contributed by atoms with Crippen LogP contribution >= 0.6 is 0 Å². The largest absolute Gasteiger partial charge is 1.00 e. The van der Waals surface area contributed by atoms with Crippen LogP contribution in [0.2, 0.25) is 0 Å². The van der Waals surface area contributed by atoms with Crippen molar-refractivity contribution in [2.24, 2.45) is 4.99 Å². The summed E-state index contributed by atoms with van der Waals surface area (Å²) in [5.74, 6) is -0.571. The quantitative estimate of drug-likeness (QED) is 0.170. The predicted octanol–water partition coefficient (Wildman–Crippen LogP) is 0.757. The molecule has 1 saturated heterocycles. The average Bonchev–Trinajstić information content (AvgIpc) is 2.86. The third-order valence-corrected chi connectivity index (χ3v) is 6.54. The van der Waals surface area contributed by atoms with Crippen LogP contribution in [-0.2, 0) is 4.74 Å². The Bertz CT molecular complexity index is 1250. The average molecular weight is 540 g/mol. The molecule has 0 radical (unpaired) electrons. The number of likely N-dealkylation sites (tertiary alicyclic amines) is 1. The molecule has 2 N–H and O–H groups in total. The summed E-state index contributed by atoms with van der Waals surface area (Å²) in [6.07, 6.45) is 8.13. The molecule has 38 heavy (non-hydrogen) atoms. The number of piperidine rings is 1. The number of ether oxygens (including phenoxy) is 1. The molecule has 1 atom stereocenters. The van der Waals surface area contributed by atoms with E-state index in [1.165, 1.54) is 0 Å². The van der Waals surface area contributed by atoms with Gasteiger partial charge in [-0.05, 0) is 75.2 Å². The summed E-state index contributed by atoms with van der Waals surface area (Å²) >= 11 is 0. The van der Waals surface area contributed by atoms with Crippen molar-refractivity contribution in [3.05, 3.63) is 83.7 Å². The Morgan fingerprint density at radius 1 is 1.24 bits per heavy atom. The van der Waals surface area contributed by atoms with Gasteiger partial charge in [0.15, 0.2) is 0 Å². The van der Waals surface area contributed by atoms with Crippen molar-refractivity contribution >= 4 is 29.5 Å². The predicted molar refractivity (Wildman–Crippen MR) is 145 cm³/mol. The third-order valence-electron chi connectivity index (χ3n) is 6.54. The van der Waals surface area contributed by atoms with Crippen molar-refractivity contribution in [3.63, 3.8) is 0 Å². The van der Waals surface area contributed by atoms with Gasteiger partial charge in [-0.15, -0.1) is 6.20 Å². The van der Waals surface area contributed by atoms with Gasteiger partial charge in [0.1, 0.15) is 13.2 Å². The number of nitrogens with zero attached hydrogens (tertiary/aromatic N) is 3. The number of carbonyl (C=O) groups excluding carboxylic acids is 2. The van der Waals surface area contributed by atoms with E-state index in [2.05, 4.69) is 33.8 Å². The van der Waals surface area contributed by atoms with Crippen molar-refractivity contribution in [1.29, 1.82) is 0 Å². The number of carbonyl (C=O) groups is 2. The van der Waals surface area contributed by atoms with Crippen LogP contribution < -0.4 is 62.0 Å². The van der Waals surface area contributed by atoms with Crippen molar-refractivity contribution in [2.45, 2.75) is 38.8 Å². The number of esters is 1. The number of hydrogen-bond acceptors (Lipinski definition) is 6. The second-order valence-electron chi connectivity index (χ2n) is 9.63. The molecule has 9 heteroatoms. The number of nitrogens with one attached hydrogen (secondary N) is 2. The molecule has 4 rings (SSSR count). The zero-order chi connectivity index (χ0) is 26.4. The van der Waals surface area contributed by atoms with Gasteiger partial charge in [-0.25, -0.2) is 4.79 Å². The summed E-state index contributed by atoms with van der Waals surface area (Å²) in [6.45, 7) is 7.60. The zero-order valence-electron chi connectivity index (χ0n) is 22.8. The molecule has 0 aliphatic carbocycles. The van der Waals surface area contributed by atoms with Gasteiger partial charge in [0.05, 0.1) is 24.0 Å². The maximum Gasteiger partial charge on any atom is 1.00 e. The van der Waals surface area contributed by atoms with Crippen LogP contribution in [0.15, 0.2) is 53.7 Å². The van der Waals surface area contributed by atoms with Crippen molar-refractivity contribution in [3.8, 4) is 0 Å². The first-order valence-corrected chi connectivity index (χ1v) is 12.5. The minimum Gasteiger partial charge on any atom is -0.560 e. The van der Waals surface area contributed by atoms with Gasteiger partial charge < -0.3 is 36.0 Å². The van der Waals surface area contributed by atoms with Crippen LogP contribution in [-0.4, -0.2) is 66.6 Å². The summed E-state index contributed by atoms with van der Waals surface area (Å²) in [7, 11) is 4.02. The van der Waals surface area contributed by atoms with Crippen LogP contribution in [0.5, 0.6) is 0 Å². The monoisotopic (exact) mass is 539 g/mol. The topological polar surface area (TPSA) is 86.0 Å². The summed E-state index contributed by atoms with van der Waals surface area (Å²) in [5, 5.41) is 6.12. The first kappa shape index (κ1) is 30.3. The van der Waals surface area contributed by atoms with Gasteiger partial charge >= 0.3 is 57.4 Å². The SMILES string of the molecule is Cc1cc(C(=O)Nc2cccc(C(C)N[C-]=CN=C3C=[N+](C)[CH-]3)c2)ccc1C(=O)OC1CCN(C)CC1.[K+]. The molecule has 0 aromatic heterocycles. The fourth-order valence-electron chi connectivity index (χ4n) is 4.27. The van der Waals surface area contributed by atoms with Gasteiger partial charge in [0.25, 0.3) is 5.91 Å². The van der Waals surface area contributed by atoms with Crippen LogP contribution in [0.25, 0.3) is 0 Å². The minimum atomic E-state index is -0.332. The molecule has 2 aromatic rings. The van der Waals surface area contributed by atoms with Gasteiger partial charge in [-0.3, -0.25) is 4.79 Å². The number of benzene rings is 2. The van der Waals surface area contributed by atoms with Gasteiger partial charge in [0.2, 0.25) is 0 Å². The second kappa shape index (κ2) is 14.2. The van der Waals surface area contributed by atoms with E-state index in [4.69, 9.17) is 4.74 Å². The van der Waals surface area contributed by atoms with E-state index in [0.29, 0.717) is 22.4 Å². The number of aliphatic imine (C=N–C) groups is 1. The third kappa shape index (κ3) is 8.36. The Labute approximate surface area is 267 Å². The molecule has 0 saturated carbocycles. The summed E-state index contributed by atoms with van der Waals surface area (Å²) in [6, 6.07) is 12.7. The van der Waals surface area contributed by atoms with Crippen molar-refractivity contribution < 1.29 is 70.3 Å². The molecule has 2 heterocycles. The second-order valence-corrected chi connectivity index (χ2v) is 9.63. The van der Waals surface area contributed by atoms with E-state index in [0.717, 1.165) is 37.2 Å². The van der Waals surface area contributed by atoms with Crippen LogP contribution in [0.4, 0.5) is 5.69 Å². The Kier molecular flexibility index (Phi) is 11.3. The van der Waals surface area contributed by atoms with E-state index in [-0.39, 0.29) is 75.4 Å². The molecule has 2 aromatic carbocycles. The molecule has 2 aliphatic rings. The molecule has 1 fully saturated rings. The normalized spacial score (nSPS) is 17.6. The van der Waals surface area contributed by atoms with Gasteiger partial charge in [0, 0.05) is 30.4 Å². The van der Waals surface area contributed by atoms with Crippen molar-refractivity contribution in [2.75, 3.05) is 32.5 Å². The Balaban J connectivity index is 0.00000400. The number of anilines is 1. The molecule has 8 nitrogen and oxygen atoms in total. The number of hydrogen-bond donors (Lipinski definition) is 2. The first-order chi connectivity index (χ1) is 17.8. The van der Waals surface area contributed by atoms with E-state index in [1.54, 1.807) is 24.4 Å². The van der Waals surface area contributed by atoms with Crippen molar-refractivity contribution in [1.82, 2.24) is 10.2 Å². The molecule has 2 aliphatic heterocycles. The van der Waals surface area contributed by atoms with E-state index >= 15 is 0 Å². The maximum absolute atomic E-state index is 12.9. The Hall–Kier alpha value is -2.27. The Morgan fingerprint density at radius 3 is 2.66 bits per heavy atom. The zero-order valence-corrected chi connectivity index (χ0v) is 25.9. The van der Waals surface area contributed by atoms with Crippen LogP contribution in [0.1, 0.15) is 57.7 Å². The van der Waals surface area contributed by atoms with Gasteiger partial charge in [-0.2, -0.15) is 0 Å². The number of rotatable bonds is 8. The van der Waals surface area contributed by atoms with E-state index in [1.807, 2.05) is 62.5 Å².